The molecule has 0 bridgehead atoms. The number of hydrogen-bond donors (Lipinski definition) is 1. The molecule has 0 saturated heterocycles. The molecule has 0 radical (unpaired) electrons. The molecule has 2 aromatic carbocycles. The molecule has 4 aromatic rings. The quantitative estimate of drug-likeness (QED) is 0.577. The predicted molar refractivity (Wildman–Crippen MR) is 110 cm³/mol. The number of nitrogens with zero attached hydrogens (tertiary/aromatic N) is 2. The minimum atomic E-state index is -0.215. The van der Waals surface area contributed by atoms with Crippen molar-refractivity contribution in [2.45, 2.75) is 6.42 Å². The van der Waals surface area contributed by atoms with Gasteiger partial charge in [0.1, 0.15) is 0 Å². The molecule has 28 heavy (non-hydrogen) atoms. The van der Waals surface area contributed by atoms with Crippen LogP contribution in [0.5, 0.6) is 0 Å². The van der Waals surface area contributed by atoms with E-state index in [0.29, 0.717) is 23.1 Å². The van der Waals surface area contributed by atoms with Crippen molar-refractivity contribution in [2.24, 2.45) is 0 Å². The van der Waals surface area contributed by atoms with Crippen LogP contribution in [-0.2, 0) is 6.42 Å². The second-order valence-electron chi connectivity index (χ2n) is 6.42. The maximum absolute atomic E-state index is 12.9. The van der Waals surface area contributed by atoms with Crippen LogP contribution in [0.3, 0.4) is 0 Å². The van der Waals surface area contributed by atoms with Crippen molar-refractivity contribution in [3.8, 4) is 28.5 Å². The first-order valence-electron chi connectivity index (χ1n) is 8.97. The smallest absolute Gasteiger partial charge is 0.256 e. The predicted octanol–water partition coefficient (Wildman–Crippen LogP) is 4.57. The molecule has 0 aliphatic carbocycles. The Bertz CT molecular complexity index is 1210. The van der Waals surface area contributed by atoms with Gasteiger partial charge < -0.3 is 4.98 Å². The van der Waals surface area contributed by atoms with Gasteiger partial charge in [0, 0.05) is 23.5 Å². The summed E-state index contributed by atoms with van der Waals surface area (Å²) in [5.74, 6) is 0. The molecule has 0 atom stereocenters. The highest BCUT2D eigenvalue weighted by Gasteiger charge is 2.19. The molecule has 0 unspecified atom stereocenters. The lowest BCUT2D eigenvalue weighted by Crippen LogP contribution is -2.14. The summed E-state index contributed by atoms with van der Waals surface area (Å²) in [7, 11) is 0. The van der Waals surface area contributed by atoms with Crippen LogP contribution >= 0.6 is 0 Å². The van der Waals surface area contributed by atoms with Crippen molar-refractivity contribution in [1.82, 2.24) is 9.97 Å². The van der Waals surface area contributed by atoms with Gasteiger partial charge in [-0.15, -0.1) is 0 Å². The van der Waals surface area contributed by atoms with Crippen LogP contribution in [0.2, 0.25) is 0 Å². The SMILES string of the molecule is N#Cc1ccccc1-c1c(Cc2ccccc2)c(-c2ccccn2)c[nH]c1=O. The number of H-pyrrole nitrogens is 1. The summed E-state index contributed by atoms with van der Waals surface area (Å²) in [6, 6.07) is 25.1. The number of pyridine rings is 2. The first-order chi connectivity index (χ1) is 13.8. The number of aromatic amines is 1. The Hall–Kier alpha value is -3.97. The van der Waals surface area contributed by atoms with Crippen molar-refractivity contribution in [1.29, 1.82) is 5.26 Å². The molecule has 2 aromatic heterocycles. The third kappa shape index (κ3) is 3.34. The van der Waals surface area contributed by atoms with Gasteiger partial charge in [0.05, 0.1) is 22.9 Å². The molecule has 0 spiro atoms. The van der Waals surface area contributed by atoms with E-state index in [1.165, 1.54) is 0 Å². The van der Waals surface area contributed by atoms with Gasteiger partial charge in [-0.3, -0.25) is 9.78 Å². The van der Waals surface area contributed by atoms with Crippen molar-refractivity contribution in [3.05, 3.63) is 112 Å². The van der Waals surface area contributed by atoms with Crippen molar-refractivity contribution in [3.63, 3.8) is 0 Å². The van der Waals surface area contributed by atoms with Gasteiger partial charge in [-0.05, 0) is 35.7 Å². The van der Waals surface area contributed by atoms with Crippen LogP contribution < -0.4 is 5.56 Å². The zero-order valence-corrected chi connectivity index (χ0v) is 15.1. The van der Waals surface area contributed by atoms with E-state index in [2.05, 4.69) is 16.0 Å². The average Bonchev–Trinajstić information content (AvgIpc) is 2.75. The molecule has 1 N–H and O–H groups in total. The normalized spacial score (nSPS) is 10.4. The second kappa shape index (κ2) is 7.73. The van der Waals surface area contributed by atoms with Crippen molar-refractivity contribution >= 4 is 0 Å². The van der Waals surface area contributed by atoms with Gasteiger partial charge in [-0.1, -0.05) is 54.6 Å². The fraction of sp³-hybridized carbons (Fsp3) is 0.0417. The van der Waals surface area contributed by atoms with Crippen LogP contribution in [0.25, 0.3) is 22.4 Å². The summed E-state index contributed by atoms with van der Waals surface area (Å²) >= 11 is 0. The van der Waals surface area contributed by atoms with Crippen LogP contribution in [0.4, 0.5) is 0 Å². The summed E-state index contributed by atoms with van der Waals surface area (Å²) in [5, 5.41) is 9.56. The fourth-order valence-corrected chi connectivity index (χ4v) is 3.39. The molecule has 4 heteroatoms. The van der Waals surface area contributed by atoms with E-state index in [4.69, 9.17) is 0 Å². The maximum Gasteiger partial charge on any atom is 0.256 e. The average molecular weight is 363 g/mol. The zero-order chi connectivity index (χ0) is 19.3. The third-order valence-electron chi connectivity index (χ3n) is 4.68. The van der Waals surface area contributed by atoms with Gasteiger partial charge in [0.2, 0.25) is 0 Å². The first-order valence-corrected chi connectivity index (χ1v) is 8.97. The number of hydrogen-bond acceptors (Lipinski definition) is 3. The fourth-order valence-electron chi connectivity index (χ4n) is 3.39. The minimum absolute atomic E-state index is 0.215. The van der Waals surface area contributed by atoms with Crippen LogP contribution in [0, 0.1) is 11.3 Å². The van der Waals surface area contributed by atoms with Crippen LogP contribution in [-0.4, -0.2) is 9.97 Å². The van der Waals surface area contributed by atoms with E-state index in [-0.39, 0.29) is 5.56 Å². The Kier molecular flexibility index (Phi) is 4.81. The Balaban J connectivity index is 2.02. The molecule has 0 amide bonds. The van der Waals surface area contributed by atoms with E-state index in [1.54, 1.807) is 24.5 Å². The summed E-state index contributed by atoms with van der Waals surface area (Å²) in [6.45, 7) is 0. The monoisotopic (exact) mass is 363 g/mol. The number of nitriles is 1. The van der Waals surface area contributed by atoms with E-state index in [1.807, 2.05) is 60.7 Å². The summed E-state index contributed by atoms with van der Waals surface area (Å²) in [4.78, 5) is 20.2. The lowest BCUT2D eigenvalue weighted by Gasteiger charge is -2.15. The topological polar surface area (TPSA) is 69.5 Å². The van der Waals surface area contributed by atoms with Crippen molar-refractivity contribution < 1.29 is 0 Å². The Morgan fingerprint density at radius 2 is 1.64 bits per heavy atom. The van der Waals surface area contributed by atoms with E-state index < -0.39 is 0 Å². The van der Waals surface area contributed by atoms with Gasteiger partial charge in [-0.2, -0.15) is 5.26 Å². The molecular weight excluding hydrogens is 346 g/mol. The number of benzene rings is 2. The van der Waals surface area contributed by atoms with Gasteiger partial charge >= 0.3 is 0 Å². The van der Waals surface area contributed by atoms with E-state index in [9.17, 15) is 10.1 Å². The molecule has 4 nitrogen and oxygen atoms in total. The number of rotatable bonds is 4. The Morgan fingerprint density at radius 1 is 0.893 bits per heavy atom. The largest absolute Gasteiger partial charge is 0.328 e. The van der Waals surface area contributed by atoms with Gasteiger partial charge in [0.25, 0.3) is 5.56 Å². The van der Waals surface area contributed by atoms with Crippen LogP contribution in [0.15, 0.2) is 90.0 Å². The minimum Gasteiger partial charge on any atom is -0.328 e. The standard InChI is InChI=1S/C24H17N3O/c25-15-18-10-4-5-11-19(18)23-20(14-17-8-2-1-3-9-17)21(16-27-24(23)28)22-12-6-7-13-26-22/h1-13,16H,14H2,(H,27,28). The molecule has 0 fully saturated rings. The molecule has 0 saturated carbocycles. The summed E-state index contributed by atoms with van der Waals surface area (Å²) < 4.78 is 0. The Morgan fingerprint density at radius 3 is 2.39 bits per heavy atom. The lowest BCUT2D eigenvalue weighted by atomic mass is 9.90. The zero-order valence-electron chi connectivity index (χ0n) is 15.1. The summed E-state index contributed by atoms with van der Waals surface area (Å²) in [5.41, 5.74) is 4.98. The highest BCUT2D eigenvalue weighted by Crippen LogP contribution is 2.31. The lowest BCUT2D eigenvalue weighted by molar-refractivity contribution is 1.13. The molecule has 2 heterocycles. The van der Waals surface area contributed by atoms with E-state index >= 15 is 0 Å². The van der Waals surface area contributed by atoms with Crippen LogP contribution in [0.1, 0.15) is 16.7 Å². The molecule has 0 aliphatic heterocycles. The third-order valence-corrected chi connectivity index (χ3v) is 4.68. The Labute approximate surface area is 162 Å². The first kappa shape index (κ1) is 17.4. The maximum atomic E-state index is 12.9. The molecule has 4 rings (SSSR count). The highest BCUT2D eigenvalue weighted by atomic mass is 16.1. The van der Waals surface area contributed by atoms with Crippen molar-refractivity contribution in [2.75, 3.05) is 0 Å². The molecular formula is C24H17N3O. The summed E-state index contributed by atoms with van der Waals surface area (Å²) in [6.07, 6.45) is 4.00. The van der Waals surface area contributed by atoms with Gasteiger partial charge in [-0.25, -0.2) is 0 Å². The van der Waals surface area contributed by atoms with Gasteiger partial charge in [0.15, 0.2) is 0 Å². The number of nitrogens with one attached hydrogen (secondary N) is 1. The molecule has 0 aliphatic rings. The highest BCUT2D eigenvalue weighted by molar-refractivity contribution is 5.79. The van der Waals surface area contributed by atoms with E-state index in [0.717, 1.165) is 22.4 Å². The second-order valence-corrected chi connectivity index (χ2v) is 6.42. The molecule has 134 valence electrons. The number of aromatic nitrogens is 2.